The Bertz CT molecular complexity index is 567. The molecule has 2 aliphatic rings. The van der Waals surface area contributed by atoms with Crippen LogP contribution in [0.2, 0.25) is 0 Å². The molecular weight excluding hydrogens is 295 g/mol. The molecule has 5 heteroatoms. The van der Waals surface area contributed by atoms with Crippen LogP contribution < -0.4 is 10.6 Å². The predicted octanol–water partition coefficient (Wildman–Crippen LogP) is 2.49. The molecule has 0 aromatic heterocycles. The van der Waals surface area contributed by atoms with Crippen LogP contribution in [-0.2, 0) is 9.59 Å². The average Bonchev–Trinajstić information content (AvgIpc) is 3.09. The molecule has 0 unspecified atom stereocenters. The van der Waals surface area contributed by atoms with Gasteiger partial charge in [0.05, 0.1) is 6.54 Å². The minimum absolute atomic E-state index is 0.0297. The lowest BCUT2D eigenvalue weighted by molar-refractivity contribution is -0.126. The summed E-state index contributed by atoms with van der Waals surface area (Å²) in [5, 5.41) is 5.62. The maximum absolute atomic E-state index is 12.9. The van der Waals surface area contributed by atoms with Gasteiger partial charge < -0.3 is 10.6 Å². The third-order valence-corrected chi connectivity index (χ3v) is 4.83. The van der Waals surface area contributed by atoms with E-state index in [1.54, 1.807) is 12.1 Å². The Kier molecular flexibility index (Phi) is 4.94. The Morgan fingerprint density at radius 1 is 1.09 bits per heavy atom. The van der Waals surface area contributed by atoms with Crippen LogP contribution in [0.15, 0.2) is 24.3 Å². The highest BCUT2D eigenvalue weighted by Crippen LogP contribution is 2.40. The van der Waals surface area contributed by atoms with Crippen molar-refractivity contribution in [1.29, 1.82) is 0 Å². The van der Waals surface area contributed by atoms with Crippen LogP contribution in [0.4, 0.5) is 4.39 Å². The first kappa shape index (κ1) is 16.0. The Hall–Kier alpha value is -1.91. The van der Waals surface area contributed by atoms with Gasteiger partial charge in [0.1, 0.15) is 5.82 Å². The molecule has 2 amide bonds. The molecule has 2 N–H and O–H groups in total. The number of benzene rings is 1. The number of amides is 2. The summed E-state index contributed by atoms with van der Waals surface area (Å²) in [5.41, 5.74) is 1.04. The van der Waals surface area contributed by atoms with E-state index in [0.29, 0.717) is 12.3 Å². The van der Waals surface area contributed by atoms with Crippen molar-refractivity contribution in [3.63, 3.8) is 0 Å². The van der Waals surface area contributed by atoms with Gasteiger partial charge in [-0.1, -0.05) is 25.0 Å². The molecule has 0 radical (unpaired) electrons. The van der Waals surface area contributed by atoms with Crippen LogP contribution in [0.3, 0.4) is 0 Å². The molecule has 2 saturated carbocycles. The van der Waals surface area contributed by atoms with Gasteiger partial charge in [0.15, 0.2) is 0 Å². The molecule has 23 heavy (non-hydrogen) atoms. The van der Waals surface area contributed by atoms with Crippen molar-refractivity contribution in [2.45, 2.75) is 50.5 Å². The van der Waals surface area contributed by atoms with Crippen LogP contribution in [0.25, 0.3) is 0 Å². The molecule has 0 heterocycles. The fourth-order valence-electron chi connectivity index (χ4n) is 3.42. The van der Waals surface area contributed by atoms with Gasteiger partial charge in [0.25, 0.3) is 0 Å². The van der Waals surface area contributed by atoms with E-state index < -0.39 is 0 Å². The number of rotatable bonds is 6. The van der Waals surface area contributed by atoms with Crippen molar-refractivity contribution in [1.82, 2.24) is 10.6 Å². The zero-order valence-corrected chi connectivity index (χ0v) is 13.2. The van der Waals surface area contributed by atoms with Crippen LogP contribution in [0.1, 0.15) is 50.0 Å². The smallest absolute Gasteiger partial charge is 0.239 e. The van der Waals surface area contributed by atoms with Crippen molar-refractivity contribution in [2.75, 3.05) is 6.54 Å². The molecule has 0 spiro atoms. The molecule has 0 bridgehead atoms. The van der Waals surface area contributed by atoms with Gasteiger partial charge in [-0.05, 0) is 42.9 Å². The summed E-state index contributed by atoms with van der Waals surface area (Å²) in [5.74, 6) is 0.315. The van der Waals surface area contributed by atoms with Crippen molar-refractivity contribution in [3.05, 3.63) is 35.6 Å². The lowest BCUT2D eigenvalue weighted by Crippen LogP contribution is -2.38. The third kappa shape index (κ3) is 4.53. The van der Waals surface area contributed by atoms with E-state index >= 15 is 0 Å². The van der Waals surface area contributed by atoms with Gasteiger partial charge >= 0.3 is 0 Å². The normalized spacial score (nSPS) is 23.5. The van der Waals surface area contributed by atoms with Crippen molar-refractivity contribution in [3.8, 4) is 0 Å². The van der Waals surface area contributed by atoms with Gasteiger partial charge in [0.2, 0.25) is 11.8 Å². The van der Waals surface area contributed by atoms with Crippen molar-refractivity contribution in [2.24, 2.45) is 5.92 Å². The van der Waals surface area contributed by atoms with Gasteiger partial charge in [-0.15, -0.1) is 0 Å². The SMILES string of the molecule is O=C(CC1CCCC1)NCC(=O)N[C@H]1C[C@H]1c1ccc(F)cc1. The fraction of sp³-hybridized carbons (Fsp3) is 0.556. The number of carbonyl (C=O) groups is 2. The van der Waals surface area contributed by atoms with Crippen molar-refractivity contribution < 1.29 is 14.0 Å². The highest BCUT2D eigenvalue weighted by Gasteiger charge is 2.39. The monoisotopic (exact) mass is 318 g/mol. The first-order valence-electron chi connectivity index (χ1n) is 8.43. The second kappa shape index (κ2) is 7.11. The van der Waals surface area contributed by atoms with E-state index in [-0.39, 0.29) is 36.1 Å². The first-order chi connectivity index (χ1) is 11.1. The quantitative estimate of drug-likeness (QED) is 0.846. The number of hydrogen-bond donors (Lipinski definition) is 2. The highest BCUT2D eigenvalue weighted by molar-refractivity contribution is 5.85. The lowest BCUT2D eigenvalue weighted by Gasteiger charge is -2.10. The molecule has 2 aliphatic carbocycles. The molecular formula is C18H23FN2O2. The molecule has 1 aromatic rings. The Morgan fingerprint density at radius 2 is 1.78 bits per heavy atom. The van der Waals surface area contributed by atoms with Gasteiger partial charge in [0, 0.05) is 18.4 Å². The summed E-state index contributed by atoms with van der Waals surface area (Å²) in [6.45, 7) is 0.0399. The molecule has 3 rings (SSSR count). The van der Waals surface area contributed by atoms with Crippen LogP contribution in [0.5, 0.6) is 0 Å². The molecule has 2 fully saturated rings. The van der Waals surface area contributed by atoms with Crippen LogP contribution in [0, 0.1) is 11.7 Å². The standard InChI is InChI=1S/C18H23FN2O2/c19-14-7-5-13(6-8-14)15-10-16(15)21-18(23)11-20-17(22)9-12-3-1-2-4-12/h5-8,12,15-16H,1-4,9-11H2,(H,20,22)(H,21,23)/t15-,16-/m0/s1. The van der Waals surface area contributed by atoms with Crippen LogP contribution in [-0.4, -0.2) is 24.4 Å². The lowest BCUT2D eigenvalue weighted by atomic mass is 10.0. The second-order valence-corrected chi connectivity index (χ2v) is 6.70. The topological polar surface area (TPSA) is 58.2 Å². The summed E-state index contributed by atoms with van der Waals surface area (Å²) in [7, 11) is 0. The van der Waals surface area contributed by atoms with Gasteiger partial charge in [-0.3, -0.25) is 9.59 Å². The molecule has 124 valence electrons. The summed E-state index contributed by atoms with van der Waals surface area (Å²) in [6, 6.07) is 6.50. The van der Waals surface area contributed by atoms with Gasteiger partial charge in [-0.2, -0.15) is 0 Å². The molecule has 0 aliphatic heterocycles. The number of nitrogens with one attached hydrogen (secondary N) is 2. The average molecular weight is 318 g/mol. The zero-order chi connectivity index (χ0) is 16.2. The summed E-state index contributed by atoms with van der Waals surface area (Å²) in [6.07, 6.45) is 6.08. The van der Waals surface area contributed by atoms with Gasteiger partial charge in [-0.25, -0.2) is 4.39 Å². The third-order valence-electron chi connectivity index (χ3n) is 4.83. The number of halogens is 1. The molecule has 1 aromatic carbocycles. The van der Waals surface area contributed by atoms with E-state index in [2.05, 4.69) is 10.6 Å². The van der Waals surface area contributed by atoms with E-state index in [1.165, 1.54) is 25.0 Å². The predicted molar refractivity (Wildman–Crippen MR) is 85.3 cm³/mol. The van der Waals surface area contributed by atoms with E-state index in [9.17, 15) is 14.0 Å². The van der Waals surface area contributed by atoms with E-state index in [4.69, 9.17) is 0 Å². The molecule has 0 saturated heterocycles. The second-order valence-electron chi connectivity index (χ2n) is 6.70. The highest BCUT2D eigenvalue weighted by atomic mass is 19.1. The van der Waals surface area contributed by atoms with E-state index in [0.717, 1.165) is 24.8 Å². The number of carbonyl (C=O) groups excluding carboxylic acids is 2. The summed E-state index contributed by atoms with van der Waals surface area (Å²) >= 11 is 0. The Morgan fingerprint density at radius 3 is 2.48 bits per heavy atom. The zero-order valence-electron chi connectivity index (χ0n) is 13.2. The first-order valence-corrected chi connectivity index (χ1v) is 8.43. The Labute approximate surface area is 135 Å². The fourth-order valence-corrected chi connectivity index (χ4v) is 3.42. The summed E-state index contributed by atoms with van der Waals surface area (Å²) < 4.78 is 12.9. The maximum atomic E-state index is 12.9. The summed E-state index contributed by atoms with van der Waals surface area (Å²) in [4.78, 5) is 23.7. The minimum atomic E-state index is -0.250. The Balaban J connectivity index is 1.35. The minimum Gasteiger partial charge on any atom is -0.351 e. The van der Waals surface area contributed by atoms with Crippen molar-refractivity contribution >= 4 is 11.8 Å². The molecule has 2 atom stereocenters. The number of hydrogen-bond acceptors (Lipinski definition) is 2. The molecule has 4 nitrogen and oxygen atoms in total. The van der Waals surface area contributed by atoms with Crippen LogP contribution >= 0.6 is 0 Å². The maximum Gasteiger partial charge on any atom is 0.239 e. The largest absolute Gasteiger partial charge is 0.351 e. The van der Waals surface area contributed by atoms with E-state index in [1.807, 2.05) is 0 Å².